The molecule has 1 saturated carbocycles. The molecule has 0 N–H and O–H groups in total. The van der Waals surface area contributed by atoms with Gasteiger partial charge < -0.3 is 28.4 Å². The average Bonchev–Trinajstić information content (AvgIpc) is 3.74. The molecular formula is C76H118O6. The molecule has 4 fully saturated rings. The van der Waals surface area contributed by atoms with E-state index >= 15 is 0 Å². The molecule has 1 aliphatic carbocycles. The maximum atomic E-state index is 5.65. The second-order valence-electron chi connectivity index (χ2n) is 16.7. The predicted octanol–water partition coefficient (Wildman–Crippen LogP) is 23.7. The maximum absolute atomic E-state index is 5.65. The van der Waals surface area contributed by atoms with E-state index in [2.05, 4.69) is 129 Å². The molecule has 6 heteroatoms. The third-order valence-corrected chi connectivity index (χ3v) is 11.3. The van der Waals surface area contributed by atoms with Crippen molar-refractivity contribution in [3.05, 3.63) is 216 Å². The Morgan fingerprint density at radius 3 is 0.878 bits per heavy atom. The molecule has 0 atom stereocenters. The first kappa shape index (κ1) is 80.8. The highest BCUT2D eigenvalue weighted by Crippen LogP contribution is 2.30. The third-order valence-electron chi connectivity index (χ3n) is 11.3. The normalized spacial score (nSPS) is 13.8. The maximum Gasteiger partial charge on any atom is 0.184 e. The summed E-state index contributed by atoms with van der Waals surface area (Å²) in [5.74, 6) is 0. The van der Waals surface area contributed by atoms with Crippen molar-refractivity contribution in [2.24, 2.45) is 0 Å². The highest BCUT2D eigenvalue weighted by Gasteiger charge is 2.19. The van der Waals surface area contributed by atoms with Crippen molar-refractivity contribution in [1.29, 1.82) is 0 Å². The van der Waals surface area contributed by atoms with Crippen molar-refractivity contribution >= 4 is 10.8 Å². The minimum atomic E-state index is -0.195. The summed E-state index contributed by atoms with van der Waals surface area (Å²) in [4.78, 5) is 0. The van der Waals surface area contributed by atoms with Crippen LogP contribution >= 0.6 is 0 Å². The predicted molar refractivity (Wildman–Crippen MR) is 361 cm³/mol. The fourth-order valence-electron chi connectivity index (χ4n) is 7.69. The van der Waals surface area contributed by atoms with Crippen molar-refractivity contribution in [2.75, 3.05) is 39.6 Å². The Morgan fingerprint density at radius 2 is 0.524 bits per heavy atom. The van der Waals surface area contributed by atoms with Crippen molar-refractivity contribution < 1.29 is 28.4 Å². The zero-order valence-corrected chi connectivity index (χ0v) is 55.2. The van der Waals surface area contributed by atoms with Crippen LogP contribution in [-0.2, 0) is 28.4 Å². The summed E-state index contributed by atoms with van der Waals surface area (Å²) in [5, 5.41) is 2.45. The molecule has 4 aliphatic rings. The summed E-state index contributed by atoms with van der Waals surface area (Å²) in [6.45, 7) is 40.9. The van der Waals surface area contributed by atoms with Gasteiger partial charge in [0.05, 0.1) is 39.6 Å². The van der Waals surface area contributed by atoms with Gasteiger partial charge in [-0.2, -0.15) is 0 Å². The van der Waals surface area contributed by atoms with Crippen LogP contribution in [0, 0.1) is 13.8 Å². The van der Waals surface area contributed by atoms with Gasteiger partial charge in [-0.1, -0.05) is 348 Å². The van der Waals surface area contributed by atoms with Gasteiger partial charge in [0, 0.05) is 16.7 Å². The van der Waals surface area contributed by atoms with E-state index in [1.54, 1.807) is 0 Å². The van der Waals surface area contributed by atoms with Gasteiger partial charge in [0.1, 0.15) is 0 Å². The largest absolute Gasteiger partial charge is 0.348 e. The van der Waals surface area contributed by atoms with Crippen LogP contribution in [-0.4, -0.2) is 39.6 Å². The van der Waals surface area contributed by atoms with Gasteiger partial charge in [-0.15, -0.1) is 0 Å². The van der Waals surface area contributed by atoms with Crippen molar-refractivity contribution in [2.45, 2.75) is 201 Å². The zero-order chi connectivity index (χ0) is 61.7. The highest BCUT2D eigenvalue weighted by molar-refractivity contribution is 5.85. The number of hydrogen-bond donors (Lipinski definition) is 0. The Kier molecular flexibility index (Phi) is 60.7. The van der Waals surface area contributed by atoms with Gasteiger partial charge in [-0.05, 0) is 55.0 Å². The molecule has 3 saturated heterocycles. The van der Waals surface area contributed by atoms with Gasteiger partial charge in [-0.25, -0.2) is 0 Å². The number of aryl methyl sites for hydroxylation is 2. The molecule has 82 heavy (non-hydrogen) atoms. The first-order valence-corrected chi connectivity index (χ1v) is 32.0. The SMILES string of the molecule is C1CCCCC1.CC.CC.CC.CC.CC.CC.CC.CC.Cc1ccccc1.Cc1ccccc1.c1ccc(-c2ccc(C3OCCCO3)cc2)cc1.c1ccc(C2OCCCO2)cc1.c1ccc2c(C3OCCCO3)cccc2c1. The van der Waals surface area contributed by atoms with Gasteiger partial charge >= 0.3 is 0 Å². The molecule has 0 bridgehead atoms. The van der Waals surface area contributed by atoms with Crippen LogP contribution < -0.4 is 0 Å². The monoisotopic (exact) mass is 1130 g/mol. The van der Waals surface area contributed by atoms with Gasteiger partial charge in [0.15, 0.2) is 18.9 Å². The standard InChI is InChI=1S/C16H16O2.C14H14O2.C10H12O2.2C7H8.C6H12.8C2H6/c1-2-5-13(6-3-1)14-7-9-15(10-8-14)16-17-11-4-12-18-16;1-2-7-12-11(5-1)6-3-8-13(12)14-15-9-4-10-16-14;1-2-5-9(6-3-1)10-11-7-4-8-12-10;2*1-7-5-3-2-4-6-7;1-2-4-6-5-3-1;8*1-2/h1-3,5-10,16H,4,11-12H2;1-3,5-8,14H,4,9-10H2;1-3,5-6,10H,4,7-8H2;2*2-6H,1H3;1-6H2;8*1-2H3. The lowest BCUT2D eigenvalue weighted by Crippen LogP contribution is -2.17. The van der Waals surface area contributed by atoms with Crippen LogP contribution in [0.5, 0.6) is 0 Å². The van der Waals surface area contributed by atoms with Gasteiger partial charge in [0.25, 0.3) is 0 Å². The second-order valence-corrected chi connectivity index (χ2v) is 16.7. The van der Waals surface area contributed by atoms with E-state index in [1.165, 1.54) is 71.6 Å². The van der Waals surface area contributed by atoms with E-state index in [1.807, 2.05) is 184 Å². The summed E-state index contributed by atoms with van der Waals surface area (Å²) in [5.41, 5.74) is 8.43. The van der Waals surface area contributed by atoms with E-state index in [4.69, 9.17) is 28.4 Å². The molecule has 0 amide bonds. The number of fused-ring (bicyclic) bond motifs is 1. The molecule has 0 aromatic heterocycles. The molecule has 3 aliphatic heterocycles. The summed E-state index contributed by atoms with van der Waals surface area (Å²) < 4.78 is 33.4. The minimum absolute atomic E-state index is 0.139. The van der Waals surface area contributed by atoms with E-state index in [-0.39, 0.29) is 18.9 Å². The number of rotatable bonds is 4. The first-order chi connectivity index (χ1) is 40.6. The summed E-state index contributed by atoms with van der Waals surface area (Å²) in [6.07, 6.45) is 11.5. The van der Waals surface area contributed by atoms with Crippen molar-refractivity contribution in [3.63, 3.8) is 0 Å². The molecule has 3 heterocycles. The Labute approximate surface area is 504 Å². The Balaban J connectivity index is -0.000000898. The quantitative estimate of drug-likeness (QED) is 0.175. The number of hydrogen-bond acceptors (Lipinski definition) is 6. The van der Waals surface area contributed by atoms with E-state index in [0.29, 0.717) is 0 Å². The molecule has 6 nitrogen and oxygen atoms in total. The fraction of sp³-hybridized carbons (Fsp3) is 0.474. The molecule has 0 unspecified atom stereocenters. The number of ether oxygens (including phenoxy) is 6. The lowest BCUT2D eigenvalue weighted by Gasteiger charge is -2.24. The van der Waals surface area contributed by atoms with Crippen LogP contribution in [0.25, 0.3) is 21.9 Å². The topological polar surface area (TPSA) is 55.4 Å². The lowest BCUT2D eigenvalue weighted by molar-refractivity contribution is -0.183. The summed E-state index contributed by atoms with van der Waals surface area (Å²) in [7, 11) is 0. The third kappa shape index (κ3) is 37.6. The number of benzene rings is 7. The molecule has 7 aromatic carbocycles. The smallest absolute Gasteiger partial charge is 0.184 e. The Bertz CT molecular complexity index is 2210. The van der Waals surface area contributed by atoms with E-state index in [0.717, 1.165) is 75.6 Å². The average molecular weight is 1130 g/mol. The van der Waals surface area contributed by atoms with Gasteiger partial charge in [0.2, 0.25) is 0 Å². The van der Waals surface area contributed by atoms with E-state index < -0.39 is 0 Å². The highest BCUT2D eigenvalue weighted by atomic mass is 16.7. The molecule has 11 rings (SSSR count). The van der Waals surface area contributed by atoms with Crippen LogP contribution in [0.2, 0.25) is 0 Å². The Morgan fingerprint density at radius 1 is 0.244 bits per heavy atom. The van der Waals surface area contributed by atoms with Crippen molar-refractivity contribution in [3.8, 4) is 11.1 Å². The lowest BCUT2D eigenvalue weighted by atomic mass is 10.0. The summed E-state index contributed by atoms with van der Waals surface area (Å²) in [6, 6.07) is 63.9. The second kappa shape index (κ2) is 61.6. The van der Waals surface area contributed by atoms with Crippen LogP contribution in [0.4, 0.5) is 0 Å². The van der Waals surface area contributed by atoms with E-state index in [9.17, 15) is 0 Å². The van der Waals surface area contributed by atoms with Crippen molar-refractivity contribution in [1.82, 2.24) is 0 Å². The Hall–Kier alpha value is -5.44. The molecule has 0 spiro atoms. The summed E-state index contributed by atoms with van der Waals surface area (Å²) >= 11 is 0. The van der Waals surface area contributed by atoms with Crippen LogP contribution in [0.3, 0.4) is 0 Å². The molecular weight excluding hydrogens is 1010 g/mol. The fourth-order valence-corrected chi connectivity index (χ4v) is 7.69. The molecule has 7 aromatic rings. The van der Waals surface area contributed by atoms with Gasteiger partial charge in [-0.3, -0.25) is 0 Å². The molecule has 458 valence electrons. The minimum Gasteiger partial charge on any atom is -0.348 e. The zero-order valence-electron chi connectivity index (χ0n) is 55.2. The first-order valence-electron chi connectivity index (χ1n) is 32.0. The molecule has 0 radical (unpaired) electrons. The van der Waals surface area contributed by atoms with Crippen LogP contribution in [0.15, 0.2) is 188 Å². The van der Waals surface area contributed by atoms with Crippen LogP contribution in [0.1, 0.15) is 215 Å².